The highest BCUT2D eigenvalue weighted by molar-refractivity contribution is 5.78. The lowest BCUT2D eigenvalue weighted by molar-refractivity contribution is 0.555. The number of rotatable bonds is 13. The van der Waals surface area contributed by atoms with E-state index in [0.717, 1.165) is 19.5 Å². The minimum Gasteiger partial charge on any atom is -0.330 e. The fraction of sp³-hybridized carbons (Fsp3) is 0.696. The van der Waals surface area contributed by atoms with Gasteiger partial charge in [-0.1, -0.05) is 51.9 Å². The van der Waals surface area contributed by atoms with Crippen molar-refractivity contribution in [3.05, 3.63) is 29.1 Å². The van der Waals surface area contributed by atoms with E-state index >= 15 is 0 Å². The molecule has 0 saturated heterocycles. The van der Waals surface area contributed by atoms with Gasteiger partial charge in [0.25, 0.3) is 0 Å². The maximum absolute atomic E-state index is 5.54. The molecule has 0 radical (unpaired) electrons. The van der Waals surface area contributed by atoms with Crippen molar-refractivity contribution in [3.63, 3.8) is 0 Å². The number of fused-ring (bicyclic) bond motifs is 1. The van der Waals surface area contributed by atoms with E-state index in [1.807, 2.05) is 0 Å². The van der Waals surface area contributed by atoms with E-state index in [9.17, 15) is 0 Å². The standard InChI is InChI=1S/C23H39N3/c1-4-5-16-26-22-18-20(3)19(2)17-21(22)25-23(26)14-12-10-8-6-7-9-11-13-15-24/h17-18H,4-16,24H2,1-3H3. The Morgan fingerprint density at radius 3 is 2.12 bits per heavy atom. The second-order valence-corrected chi connectivity index (χ2v) is 7.83. The predicted molar refractivity (Wildman–Crippen MR) is 114 cm³/mol. The van der Waals surface area contributed by atoms with Gasteiger partial charge in [-0.05, 0) is 62.9 Å². The number of aryl methyl sites for hydroxylation is 4. The third-order valence-corrected chi connectivity index (χ3v) is 5.53. The van der Waals surface area contributed by atoms with Crippen LogP contribution in [-0.2, 0) is 13.0 Å². The molecule has 0 aliphatic carbocycles. The fourth-order valence-electron chi connectivity index (χ4n) is 3.67. The lowest BCUT2D eigenvalue weighted by Crippen LogP contribution is -2.04. The lowest BCUT2D eigenvalue weighted by atomic mass is 10.1. The van der Waals surface area contributed by atoms with E-state index in [0.29, 0.717) is 0 Å². The Morgan fingerprint density at radius 1 is 0.846 bits per heavy atom. The fourth-order valence-corrected chi connectivity index (χ4v) is 3.67. The largest absolute Gasteiger partial charge is 0.330 e. The Hall–Kier alpha value is -1.35. The van der Waals surface area contributed by atoms with E-state index in [-0.39, 0.29) is 0 Å². The Kier molecular flexibility index (Phi) is 9.17. The normalized spacial score (nSPS) is 11.5. The first kappa shape index (κ1) is 21.0. The smallest absolute Gasteiger partial charge is 0.109 e. The van der Waals surface area contributed by atoms with Crippen molar-refractivity contribution in [1.29, 1.82) is 0 Å². The van der Waals surface area contributed by atoms with Crippen LogP contribution in [0.4, 0.5) is 0 Å². The molecule has 1 aromatic heterocycles. The van der Waals surface area contributed by atoms with Crippen LogP contribution in [0.5, 0.6) is 0 Å². The second kappa shape index (κ2) is 11.4. The van der Waals surface area contributed by atoms with Crippen LogP contribution in [0, 0.1) is 13.8 Å². The minimum absolute atomic E-state index is 0.845. The summed E-state index contributed by atoms with van der Waals surface area (Å²) in [5.41, 5.74) is 10.8. The highest BCUT2D eigenvalue weighted by Crippen LogP contribution is 2.23. The van der Waals surface area contributed by atoms with Gasteiger partial charge in [0.05, 0.1) is 11.0 Å². The molecule has 1 heterocycles. The molecule has 0 atom stereocenters. The molecular weight excluding hydrogens is 318 g/mol. The summed E-state index contributed by atoms with van der Waals surface area (Å²) in [6.07, 6.45) is 14.1. The number of benzene rings is 1. The van der Waals surface area contributed by atoms with E-state index in [2.05, 4.69) is 37.5 Å². The Morgan fingerprint density at radius 2 is 1.46 bits per heavy atom. The molecule has 0 fully saturated rings. The summed E-state index contributed by atoms with van der Waals surface area (Å²) in [5, 5.41) is 0. The Balaban J connectivity index is 1.87. The van der Waals surface area contributed by atoms with Gasteiger partial charge >= 0.3 is 0 Å². The van der Waals surface area contributed by atoms with Crippen LogP contribution in [0.2, 0.25) is 0 Å². The van der Waals surface area contributed by atoms with Gasteiger partial charge < -0.3 is 10.3 Å². The summed E-state index contributed by atoms with van der Waals surface area (Å²) in [5.74, 6) is 1.29. The molecule has 1 aromatic carbocycles. The number of nitrogens with two attached hydrogens (primary N) is 1. The molecule has 3 heteroatoms. The molecule has 2 aromatic rings. The molecule has 0 saturated carbocycles. The highest BCUT2D eigenvalue weighted by atomic mass is 15.1. The van der Waals surface area contributed by atoms with Crippen molar-refractivity contribution < 1.29 is 0 Å². The number of imidazole rings is 1. The van der Waals surface area contributed by atoms with Crippen molar-refractivity contribution in [2.75, 3.05) is 6.54 Å². The van der Waals surface area contributed by atoms with Crippen LogP contribution in [0.15, 0.2) is 12.1 Å². The van der Waals surface area contributed by atoms with Crippen LogP contribution < -0.4 is 5.73 Å². The van der Waals surface area contributed by atoms with Crippen molar-refractivity contribution in [2.24, 2.45) is 5.73 Å². The Bertz CT molecular complexity index is 657. The summed E-state index contributed by atoms with van der Waals surface area (Å²) in [6.45, 7) is 8.61. The summed E-state index contributed by atoms with van der Waals surface area (Å²) in [7, 11) is 0. The molecule has 2 rings (SSSR count). The third-order valence-electron chi connectivity index (χ3n) is 5.53. The number of hydrogen-bond donors (Lipinski definition) is 1. The lowest BCUT2D eigenvalue weighted by Gasteiger charge is -2.09. The van der Waals surface area contributed by atoms with Crippen LogP contribution in [-0.4, -0.2) is 16.1 Å². The number of hydrogen-bond acceptors (Lipinski definition) is 2. The first-order chi connectivity index (χ1) is 12.7. The van der Waals surface area contributed by atoms with E-state index < -0.39 is 0 Å². The summed E-state index contributed by atoms with van der Waals surface area (Å²) in [6, 6.07) is 4.59. The molecule has 0 unspecified atom stereocenters. The van der Waals surface area contributed by atoms with Crippen molar-refractivity contribution in [3.8, 4) is 0 Å². The molecule has 0 bridgehead atoms. The van der Waals surface area contributed by atoms with Crippen molar-refractivity contribution in [2.45, 2.75) is 97.9 Å². The monoisotopic (exact) mass is 357 g/mol. The van der Waals surface area contributed by atoms with E-state index in [1.165, 1.54) is 92.2 Å². The SMILES string of the molecule is CCCCn1c(CCCCCCCCCCN)nc2cc(C)c(C)cc21. The van der Waals surface area contributed by atoms with Gasteiger partial charge in [0.2, 0.25) is 0 Å². The third kappa shape index (κ3) is 6.12. The molecule has 0 spiro atoms. The first-order valence-electron chi connectivity index (χ1n) is 10.8. The molecule has 0 aliphatic rings. The maximum Gasteiger partial charge on any atom is 0.109 e. The maximum atomic E-state index is 5.54. The van der Waals surface area contributed by atoms with Gasteiger partial charge in [0.1, 0.15) is 5.82 Å². The molecule has 2 N–H and O–H groups in total. The molecule has 26 heavy (non-hydrogen) atoms. The quantitative estimate of drug-likeness (QED) is 0.442. The Labute approximate surface area is 160 Å². The topological polar surface area (TPSA) is 43.8 Å². The van der Waals surface area contributed by atoms with Crippen molar-refractivity contribution >= 4 is 11.0 Å². The molecule has 0 amide bonds. The van der Waals surface area contributed by atoms with Crippen LogP contribution in [0.25, 0.3) is 11.0 Å². The zero-order valence-corrected chi connectivity index (χ0v) is 17.3. The zero-order chi connectivity index (χ0) is 18.8. The van der Waals surface area contributed by atoms with Gasteiger partial charge in [-0.25, -0.2) is 4.98 Å². The van der Waals surface area contributed by atoms with Gasteiger partial charge in [0.15, 0.2) is 0 Å². The average Bonchev–Trinajstić information content (AvgIpc) is 2.95. The van der Waals surface area contributed by atoms with E-state index in [4.69, 9.17) is 10.7 Å². The van der Waals surface area contributed by atoms with Crippen LogP contribution in [0.3, 0.4) is 0 Å². The predicted octanol–water partition coefficient (Wildman–Crippen LogP) is 6.08. The number of aromatic nitrogens is 2. The van der Waals surface area contributed by atoms with Crippen LogP contribution in [0.1, 0.15) is 88.1 Å². The summed E-state index contributed by atoms with van der Waals surface area (Å²) < 4.78 is 2.48. The summed E-state index contributed by atoms with van der Waals surface area (Å²) in [4.78, 5) is 4.99. The zero-order valence-electron chi connectivity index (χ0n) is 17.3. The molecule has 146 valence electrons. The van der Waals surface area contributed by atoms with E-state index in [1.54, 1.807) is 0 Å². The minimum atomic E-state index is 0.845. The second-order valence-electron chi connectivity index (χ2n) is 7.83. The van der Waals surface area contributed by atoms with Gasteiger partial charge in [-0.15, -0.1) is 0 Å². The molecule has 3 nitrogen and oxygen atoms in total. The van der Waals surface area contributed by atoms with Crippen LogP contribution >= 0.6 is 0 Å². The van der Waals surface area contributed by atoms with Gasteiger partial charge in [-0.2, -0.15) is 0 Å². The van der Waals surface area contributed by atoms with Crippen molar-refractivity contribution in [1.82, 2.24) is 9.55 Å². The summed E-state index contributed by atoms with van der Waals surface area (Å²) >= 11 is 0. The number of nitrogens with zero attached hydrogens (tertiary/aromatic N) is 2. The van der Waals surface area contributed by atoms with Gasteiger partial charge in [0, 0.05) is 13.0 Å². The average molecular weight is 358 g/mol. The highest BCUT2D eigenvalue weighted by Gasteiger charge is 2.11. The number of unbranched alkanes of at least 4 members (excludes halogenated alkanes) is 8. The molecular formula is C23H39N3. The first-order valence-corrected chi connectivity index (χ1v) is 10.8. The van der Waals surface area contributed by atoms with Gasteiger partial charge in [-0.3, -0.25) is 0 Å². The molecule has 0 aliphatic heterocycles.